The van der Waals surface area contributed by atoms with Gasteiger partial charge in [0.25, 0.3) is 0 Å². The Balaban J connectivity index is 2.20. The highest BCUT2D eigenvalue weighted by molar-refractivity contribution is 5.43. The lowest BCUT2D eigenvalue weighted by molar-refractivity contribution is 0.696. The Hall–Kier alpha value is -1.09. The van der Waals surface area contributed by atoms with Crippen LogP contribution >= 0.6 is 0 Å². The quantitative estimate of drug-likeness (QED) is 0.805. The van der Waals surface area contributed by atoms with Crippen molar-refractivity contribution in [3.8, 4) is 0 Å². The summed E-state index contributed by atoms with van der Waals surface area (Å²) in [6.45, 7) is 7.25. The van der Waals surface area contributed by atoms with Gasteiger partial charge in [-0.2, -0.15) is 0 Å². The predicted octanol–water partition coefficient (Wildman–Crippen LogP) is 2.73. The molecule has 18 heavy (non-hydrogen) atoms. The van der Waals surface area contributed by atoms with Crippen LogP contribution in [0.3, 0.4) is 0 Å². The van der Waals surface area contributed by atoms with Crippen LogP contribution in [-0.4, -0.2) is 18.1 Å². The summed E-state index contributed by atoms with van der Waals surface area (Å²) in [6, 6.07) is 4.29. The Morgan fingerprint density at radius 1 is 1.33 bits per heavy atom. The van der Waals surface area contributed by atoms with Gasteiger partial charge in [0.1, 0.15) is 5.82 Å². The summed E-state index contributed by atoms with van der Waals surface area (Å²) in [4.78, 5) is 7.21. The van der Waals surface area contributed by atoms with Gasteiger partial charge in [-0.05, 0) is 49.3 Å². The van der Waals surface area contributed by atoms with Crippen molar-refractivity contribution < 1.29 is 0 Å². The van der Waals surface area contributed by atoms with Crippen molar-refractivity contribution in [2.75, 3.05) is 18.0 Å². The molecule has 0 saturated heterocycles. The number of hydrogen-bond donors (Lipinski definition) is 1. The molecule has 1 aliphatic carbocycles. The van der Waals surface area contributed by atoms with Crippen LogP contribution in [0.4, 0.5) is 5.82 Å². The fourth-order valence-corrected chi connectivity index (χ4v) is 2.28. The third-order valence-corrected chi connectivity index (χ3v) is 3.52. The molecule has 3 nitrogen and oxygen atoms in total. The summed E-state index contributed by atoms with van der Waals surface area (Å²) in [5, 5.41) is 0. The lowest BCUT2D eigenvalue weighted by atomic mass is 10.2. The Labute approximate surface area is 110 Å². The van der Waals surface area contributed by atoms with Gasteiger partial charge in [0, 0.05) is 25.3 Å². The van der Waals surface area contributed by atoms with E-state index in [2.05, 4.69) is 30.9 Å². The van der Waals surface area contributed by atoms with Crippen molar-refractivity contribution in [3.63, 3.8) is 0 Å². The maximum atomic E-state index is 5.78. The van der Waals surface area contributed by atoms with Crippen molar-refractivity contribution in [2.45, 2.75) is 46.1 Å². The van der Waals surface area contributed by atoms with E-state index in [9.17, 15) is 0 Å². The van der Waals surface area contributed by atoms with E-state index in [1.807, 2.05) is 0 Å². The highest BCUT2D eigenvalue weighted by Gasteiger charge is 2.24. The van der Waals surface area contributed by atoms with Crippen LogP contribution in [0.5, 0.6) is 0 Å². The average molecular weight is 247 g/mol. The molecule has 0 atom stereocenters. The summed E-state index contributed by atoms with van der Waals surface area (Å²) in [7, 11) is 0. The van der Waals surface area contributed by atoms with Crippen LogP contribution in [0.15, 0.2) is 12.1 Å². The molecule has 1 aromatic rings. The summed E-state index contributed by atoms with van der Waals surface area (Å²) in [5.74, 6) is 2.02. The molecule has 0 bridgehead atoms. The van der Waals surface area contributed by atoms with Crippen LogP contribution in [0, 0.1) is 5.92 Å². The summed E-state index contributed by atoms with van der Waals surface area (Å²) < 4.78 is 0. The molecule has 0 radical (unpaired) electrons. The van der Waals surface area contributed by atoms with E-state index in [1.165, 1.54) is 24.8 Å². The van der Waals surface area contributed by atoms with Gasteiger partial charge in [0.2, 0.25) is 0 Å². The molecule has 1 saturated carbocycles. The molecular weight excluding hydrogens is 222 g/mol. The maximum absolute atomic E-state index is 5.78. The van der Waals surface area contributed by atoms with Gasteiger partial charge in [-0.3, -0.25) is 0 Å². The first kappa shape index (κ1) is 13.3. The average Bonchev–Trinajstić information content (AvgIpc) is 3.21. The van der Waals surface area contributed by atoms with E-state index in [0.29, 0.717) is 6.54 Å². The molecule has 1 heterocycles. The zero-order valence-corrected chi connectivity index (χ0v) is 11.7. The van der Waals surface area contributed by atoms with Crippen molar-refractivity contribution in [3.05, 3.63) is 23.4 Å². The Bertz CT molecular complexity index is 363. The molecule has 1 fully saturated rings. The number of aryl methyl sites for hydroxylation is 1. The molecule has 2 N–H and O–H groups in total. The minimum atomic E-state index is 0.603. The first-order valence-electron chi connectivity index (χ1n) is 7.21. The largest absolute Gasteiger partial charge is 0.356 e. The molecule has 100 valence electrons. The van der Waals surface area contributed by atoms with Crippen molar-refractivity contribution in [1.29, 1.82) is 0 Å². The zero-order valence-electron chi connectivity index (χ0n) is 11.7. The van der Waals surface area contributed by atoms with Gasteiger partial charge in [-0.15, -0.1) is 0 Å². The van der Waals surface area contributed by atoms with E-state index < -0.39 is 0 Å². The number of anilines is 1. The van der Waals surface area contributed by atoms with Crippen molar-refractivity contribution >= 4 is 5.82 Å². The van der Waals surface area contributed by atoms with E-state index in [1.54, 1.807) is 0 Å². The number of hydrogen-bond acceptors (Lipinski definition) is 3. The second kappa shape index (κ2) is 6.19. The number of aromatic nitrogens is 1. The zero-order chi connectivity index (χ0) is 13.0. The smallest absolute Gasteiger partial charge is 0.129 e. The summed E-state index contributed by atoms with van der Waals surface area (Å²) >= 11 is 0. The molecule has 0 aliphatic heterocycles. The lowest BCUT2D eigenvalue weighted by Gasteiger charge is -2.24. The van der Waals surface area contributed by atoms with E-state index in [4.69, 9.17) is 10.7 Å². The van der Waals surface area contributed by atoms with Gasteiger partial charge in [0.15, 0.2) is 0 Å². The normalized spacial score (nSPS) is 14.8. The second-order valence-corrected chi connectivity index (χ2v) is 5.27. The molecule has 0 unspecified atom stereocenters. The third kappa shape index (κ3) is 3.45. The topological polar surface area (TPSA) is 42.1 Å². The molecule has 3 heteroatoms. The van der Waals surface area contributed by atoms with Crippen molar-refractivity contribution in [1.82, 2.24) is 4.98 Å². The van der Waals surface area contributed by atoms with Gasteiger partial charge in [-0.1, -0.05) is 13.8 Å². The van der Waals surface area contributed by atoms with Gasteiger partial charge in [0.05, 0.1) is 0 Å². The molecule has 1 aromatic heterocycles. The molecule has 1 aliphatic rings. The Kier molecular flexibility index (Phi) is 4.59. The minimum Gasteiger partial charge on any atom is -0.356 e. The molecule has 2 rings (SSSR count). The molecular formula is C15H25N3. The first-order chi connectivity index (χ1) is 8.76. The highest BCUT2D eigenvalue weighted by atomic mass is 15.2. The number of rotatable bonds is 7. The molecule has 0 aromatic carbocycles. The Morgan fingerprint density at radius 3 is 2.67 bits per heavy atom. The van der Waals surface area contributed by atoms with Crippen LogP contribution < -0.4 is 10.6 Å². The monoisotopic (exact) mass is 247 g/mol. The van der Waals surface area contributed by atoms with Crippen LogP contribution in [0.25, 0.3) is 0 Å². The lowest BCUT2D eigenvalue weighted by Crippen LogP contribution is -2.28. The number of nitrogens with two attached hydrogens (primary N) is 1. The highest BCUT2D eigenvalue weighted by Crippen LogP contribution is 2.31. The molecule has 0 amide bonds. The number of pyridine rings is 1. The Morgan fingerprint density at radius 2 is 2.11 bits per heavy atom. The number of nitrogens with zero attached hydrogens (tertiary/aromatic N) is 2. The van der Waals surface area contributed by atoms with E-state index >= 15 is 0 Å². The van der Waals surface area contributed by atoms with Crippen LogP contribution in [0.2, 0.25) is 0 Å². The summed E-state index contributed by atoms with van der Waals surface area (Å²) in [6.07, 6.45) is 4.92. The van der Waals surface area contributed by atoms with Gasteiger partial charge >= 0.3 is 0 Å². The van der Waals surface area contributed by atoms with Crippen molar-refractivity contribution in [2.24, 2.45) is 11.7 Å². The van der Waals surface area contributed by atoms with Crippen LogP contribution in [0.1, 0.15) is 44.4 Å². The standard InChI is InChI=1S/C15H25N3/c1-3-7-18(11-12-5-6-12)15-9-13(10-16)8-14(4-2)17-15/h8-9,12H,3-7,10-11,16H2,1-2H3. The summed E-state index contributed by atoms with van der Waals surface area (Å²) in [5.41, 5.74) is 8.14. The predicted molar refractivity (Wildman–Crippen MR) is 76.7 cm³/mol. The van der Waals surface area contributed by atoms with E-state index in [-0.39, 0.29) is 0 Å². The first-order valence-corrected chi connectivity index (χ1v) is 7.21. The minimum absolute atomic E-state index is 0.603. The molecule has 0 spiro atoms. The van der Waals surface area contributed by atoms with Gasteiger partial charge in [-0.25, -0.2) is 4.98 Å². The second-order valence-electron chi connectivity index (χ2n) is 5.27. The third-order valence-electron chi connectivity index (χ3n) is 3.52. The van der Waals surface area contributed by atoms with Crippen LogP contribution in [-0.2, 0) is 13.0 Å². The van der Waals surface area contributed by atoms with Gasteiger partial charge < -0.3 is 10.6 Å². The SMILES string of the molecule is CCCN(CC1CC1)c1cc(CN)cc(CC)n1. The fraction of sp³-hybridized carbons (Fsp3) is 0.667. The van der Waals surface area contributed by atoms with E-state index in [0.717, 1.165) is 36.9 Å². The maximum Gasteiger partial charge on any atom is 0.129 e. The fourth-order valence-electron chi connectivity index (χ4n) is 2.28.